The Bertz CT molecular complexity index is 354. The van der Waals surface area contributed by atoms with E-state index in [1.807, 2.05) is 0 Å². The number of hydrogen-bond acceptors (Lipinski definition) is 0. The SMILES string of the molecule is C1=CC2c3ccccc3[CH-]C2CC1.[Zr]. The molecule has 0 aliphatic heterocycles. The van der Waals surface area contributed by atoms with Crippen molar-refractivity contribution in [1.82, 2.24) is 0 Å². The topological polar surface area (TPSA) is 0 Å². The van der Waals surface area contributed by atoms with E-state index in [1.165, 1.54) is 24.0 Å². The van der Waals surface area contributed by atoms with Crippen LogP contribution in [0.4, 0.5) is 0 Å². The van der Waals surface area contributed by atoms with Crippen LogP contribution >= 0.6 is 0 Å². The molecule has 2 aliphatic carbocycles. The van der Waals surface area contributed by atoms with Crippen molar-refractivity contribution in [2.45, 2.75) is 18.8 Å². The van der Waals surface area contributed by atoms with Gasteiger partial charge in [0.1, 0.15) is 0 Å². The summed E-state index contributed by atoms with van der Waals surface area (Å²) in [5.41, 5.74) is 2.99. The molecule has 0 spiro atoms. The third-order valence-corrected chi connectivity index (χ3v) is 3.22. The van der Waals surface area contributed by atoms with Crippen molar-refractivity contribution >= 4 is 0 Å². The molecule has 70 valence electrons. The second-order valence-corrected chi connectivity index (χ2v) is 3.99. The molecule has 0 aromatic heterocycles. The fourth-order valence-electron chi connectivity index (χ4n) is 2.57. The van der Waals surface area contributed by atoms with E-state index in [1.54, 1.807) is 0 Å². The van der Waals surface area contributed by atoms with Gasteiger partial charge in [-0.05, 0) is 12.3 Å². The molecule has 3 rings (SSSR count). The summed E-state index contributed by atoms with van der Waals surface area (Å²) >= 11 is 0. The summed E-state index contributed by atoms with van der Waals surface area (Å²) in [6.45, 7) is 0. The molecule has 0 saturated heterocycles. The van der Waals surface area contributed by atoms with Crippen molar-refractivity contribution in [1.29, 1.82) is 0 Å². The van der Waals surface area contributed by atoms with Gasteiger partial charge in [-0.3, -0.25) is 0 Å². The van der Waals surface area contributed by atoms with Crippen LogP contribution in [-0.4, -0.2) is 0 Å². The van der Waals surface area contributed by atoms with E-state index in [0.717, 1.165) is 5.92 Å². The van der Waals surface area contributed by atoms with E-state index in [4.69, 9.17) is 0 Å². The largest absolute Gasteiger partial charge is 0.188 e. The fraction of sp³-hybridized carbons (Fsp3) is 0.308. The first-order valence-electron chi connectivity index (χ1n) is 5.05. The first-order chi connectivity index (χ1) is 6.45. The number of fused-ring (bicyclic) bond motifs is 3. The van der Waals surface area contributed by atoms with E-state index in [-0.39, 0.29) is 26.2 Å². The molecule has 0 amide bonds. The average molecular weight is 260 g/mol. The van der Waals surface area contributed by atoms with E-state index < -0.39 is 0 Å². The smallest absolute Gasteiger partial charge is 0 e. The van der Waals surface area contributed by atoms with Crippen LogP contribution in [0.25, 0.3) is 0 Å². The van der Waals surface area contributed by atoms with Crippen LogP contribution in [-0.2, 0) is 26.2 Å². The summed E-state index contributed by atoms with van der Waals surface area (Å²) in [6.07, 6.45) is 9.75. The molecular formula is C13H13Zr-. The van der Waals surface area contributed by atoms with Crippen LogP contribution in [0.1, 0.15) is 29.9 Å². The third-order valence-electron chi connectivity index (χ3n) is 3.22. The fourth-order valence-corrected chi connectivity index (χ4v) is 2.57. The van der Waals surface area contributed by atoms with Gasteiger partial charge in [0.2, 0.25) is 0 Å². The Morgan fingerprint density at radius 1 is 1.21 bits per heavy atom. The maximum absolute atomic E-state index is 2.45. The monoisotopic (exact) mass is 259 g/mol. The molecule has 0 nitrogen and oxygen atoms in total. The molecule has 1 heteroatoms. The number of rotatable bonds is 0. The standard InChI is InChI=1S/C13H13.Zr/c1-3-7-12-10(5-1)9-11-6-2-4-8-13(11)12;/h1,3-5,7-9,11,13H,2,6H2;/q-1;. The first-order valence-corrected chi connectivity index (χ1v) is 5.05. The van der Waals surface area contributed by atoms with Crippen LogP contribution in [0.2, 0.25) is 0 Å². The van der Waals surface area contributed by atoms with Crippen LogP contribution in [0, 0.1) is 12.3 Å². The molecule has 0 N–H and O–H groups in total. The zero-order valence-corrected chi connectivity index (χ0v) is 10.6. The Morgan fingerprint density at radius 3 is 3.00 bits per heavy atom. The molecule has 1 aromatic carbocycles. The number of benzene rings is 1. The second kappa shape index (κ2) is 4.07. The molecule has 2 unspecified atom stereocenters. The van der Waals surface area contributed by atoms with Gasteiger partial charge < -0.3 is 0 Å². The predicted molar refractivity (Wildman–Crippen MR) is 54.4 cm³/mol. The summed E-state index contributed by atoms with van der Waals surface area (Å²) in [5, 5.41) is 0. The van der Waals surface area contributed by atoms with Crippen molar-refractivity contribution in [3.63, 3.8) is 0 Å². The van der Waals surface area contributed by atoms with Gasteiger partial charge in [-0.15, -0.1) is 17.7 Å². The zero-order valence-electron chi connectivity index (χ0n) is 8.11. The summed E-state index contributed by atoms with van der Waals surface area (Å²) in [5.74, 6) is 1.47. The van der Waals surface area contributed by atoms with Crippen molar-refractivity contribution in [3.8, 4) is 0 Å². The maximum atomic E-state index is 2.45. The third kappa shape index (κ3) is 1.52. The Kier molecular flexibility index (Phi) is 2.97. The molecule has 0 heterocycles. The van der Waals surface area contributed by atoms with Crippen molar-refractivity contribution in [3.05, 3.63) is 54.0 Å². The quantitative estimate of drug-likeness (QED) is 0.496. The zero-order chi connectivity index (χ0) is 8.67. The van der Waals surface area contributed by atoms with Gasteiger partial charge in [-0.2, -0.15) is 18.1 Å². The Hall–Kier alpha value is -0.287. The summed E-state index contributed by atoms with van der Waals surface area (Å²) in [4.78, 5) is 0. The molecule has 1 aromatic rings. The maximum Gasteiger partial charge on any atom is 0 e. The van der Waals surface area contributed by atoms with E-state index in [9.17, 15) is 0 Å². The molecule has 0 fully saturated rings. The second-order valence-electron chi connectivity index (χ2n) is 3.99. The minimum absolute atomic E-state index is 0. The van der Waals surface area contributed by atoms with Gasteiger partial charge in [0.15, 0.2) is 0 Å². The number of allylic oxidation sites excluding steroid dienone is 2. The molecule has 2 atom stereocenters. The average Bonchev–Trinajstić information content (AvgIpc) is 2.56. The van der Waals surface area contributed by atoms with Crippen LogP contribution in [0.5, 0.6) is 0 Å². The van der Waals surface area contributed by atoms with Gasteiger partial charge in [-0.25, -0.2) is 0 Å². The summed E-state index contributed by atoms with van der Waals surface area (Å²) in [6, 6.07) is 8.79. The predicted octanol–water partition coefficient (Wildman–Crippen LogP) is 3.30. The Labute approximate surface area is 105 Å². The Morgan fingerprint density at radius 2 is 2.07 bits per heavy atom. The van der Waals surface area contributed by atoms with Crippen LogP contribution in [0.3, 0.4) is 0 Å². The van der Waals surface area contributed by atoms with Gasteiger partial charge in [0.05, 0.1) is 0 Å². The first kappa shape index (κ1) is 10.2. The van der Waals surface area contributed by atoms with Crippen molar-refractivity contribution < 1.29 is 26.2 Å². The van der Waals surface area contributed by atoms with E-state index in [0.29, 0.717) is 5.92 Å². The van der Waals surface area contributed by atoms with E-state index in [2.05, 4.69) is 42.8 Å². The van der Waals surface area contributed by atoms with E-state index >= 15 is 0 Å². The Balaban J connectivity index is 0.000000750. The molecular weight excluding hydrogens is 247 g/mol. The minimum atomic E-state index is 0. The van der Waals surface area contributed by atoms with Gasteiger partial charge >= 0.3 is 0 Å². The number of hydrogen-bond donors (Lipinski definition) is 0. The summed E-state index contributed by atoms with van der Waals surface area (Å²) < 4.78 is 0. The molecule has 0 saturated carbocycles. The van der Waals surface area contributed by atoms with Gasteiger partial charge in [-0.1, -0.05) is 30.6 Å². The van der Waals surface area contributed by atoms with Crippen molar-refractivity contribution in [2.75, 3.05) is 0 Å². The van der Waals surface area contributed by atoms with Crippen LogP contribution in [0.15, 0.2) is 36.4 Å². The molecule has 14 heavy (non-hydrogen) atoms. The van der Waals surface area contributed by atoms with Crippen molar-refractivity contribution in [2.24, 2.45) is 5.92 Å². The van der Waals surface area contributed by atoms with Crippen LogP contribution < -0.4 is 0 Å². The molecule has 2 aliphatic rings. The minimum Gasteiger partial charge on any atom is -0.188 e. The normalized spacial score (nSPS) is 27.1. The van der Waals surface area contributed by atoms with Gasteiger partial charge in [0.25, 0.3) is 0 Å². The van der Waals surface area contributed by atoms with Gasteiger partial charge in [0, 0.05) is 26.2 Å². The summed E-state index contributed by atoms with van der Waals surface area (Å²) in [7, 11) is 0. The molecule has 0 bridgehead atoms. The molecule has 0 radical (unpaired) electrons.